The van der Waals surface area contributed by atoms with Crippen LogP contribution in [0.4, 0.5) is 0 Å². The number of hydrogen-bond donors (Lipinski definition) is 0. The van der Waals surface area contributed by atoms with Gasteiger partial charge >= 0.3 is 17.9 Å². The Morgan fingerprint density at radius 1 is 0.814 bits per heavy atom. The zero-order valence-electron chi connectivity index (χ0n) is 25.7. The van der Waals surface area contributed by atoms with Crippen molar-refractivity contribution in [3.63, 3.8) is 0 Å². The quantitative estimate of drug-likeness (QED) is 0.166. The number of carbonyl (C=O) groups excluding carboxylic acids is 3. The Kier molecular flexibility index (Phi) is 10.6. The molecule has 3 aromatic rings. The summed E-state index contributed by atoms with van der Waals surface area (Å²) < 4.78 is 23.5. The van der Waals surface area contributed by atoms with Gasteiger partial charge < -0.3 is 18.6 Å². The first-order valence-corrected chi connectivity index (χ1v) is 16.7. The van der Waals surface area contributed by atoms with E-state index in [1.807, 2.05) is 42.5 Å². The lowest BCUT2D eigenvalue weighted by atomic mass is 9.94. The highest BCUT2D eigenvalue weighted by atomic mass is 28.4. The van der Waals surface area contributed by atoms with Crippen molar-refractivity contribution in [3.8, 4) is 0 Å². The Morgan fingerprint density at radius 2 is 1.33 bits per heavy atom. The second-order valence-corrected chi connectivity index (χ2v) is 16.5. The van der Waals surface area contributed by atoms with Crippen LogP contribution in [0.15, 0.2) is 91.0 Å². The first-order valence-electron chi connectivity index (χ1n) is 14.8. The largest absolute Gasteiger partial charge is 0.469 e. The average molecular weight is 603 g/mol. The molecule has 0 amide bonds. The van der Waals surface area contributed by atoms with Crippen molar-refractivity contribution in [2.24, 2.45) is 11.8 Å². The third kappa shape index (κ3) is 7.61. The molecule has 8 heteroatoms. The molecule has 0 aromatic heterocycles. The number of hydrogen-bond acceptors (Lipinski definition) is 7. The van der Waals surface area contributed by atoms with Gasteiger partial charge in [-0.05, 0) is 40.1 Å². The van der Waals surface area contributed by atoms with Crippen LogP contribution in [0.3, 0.4) is 0 Å². The maximum absolute atomic E-state index is 13.3. The summed E-state index contributed by atoms with van der Waals surface area (Å²) in [6, 6.07) is 29.6. The number of methoxy groups -OCH3 is 1. The number of esters is 3. The summed E-state index contributed by atoms with van der Waals surface area (Å²) in [4.78, 5) is 37.6. The molecule has 0 radical (unpaired) electrons. The van der Waals surface area contributed by atoms with Gasteiger partial charge in [-0.2, -0.15) is 0 Å². The highest BCUT2D eigenvalue weighted by Crippen LogP contribution is 2.41. The van der Waals surface area contributed by atoms with Crippen molar-refractivity contribution >= 4 is 36.6 Å². The molecule has 4 rings (SSSR count). The summed E-state index contributed by atoms with van der Waals surface area (Å²) >= 11 is 0. The van der Waals surface area contributed by atoms with Crippen molar-refractivity contribution in [2.45, 2.75) is 64.2 Å². The van der Waals surface area contributed by atoms with Crippen LogP contribution in [0.25, 0.3) is 0 Å². The van der Waals surface area contributed by atoms with Crippen LogP contribution in [0, 0.1) is 11.8 Å². The highest BCUT2D eigenvalue weighted by Gasteiger charge is 2.51. The second-order valence-electron chi connectivity index (χ2n) is 12.2. The fourth-order valence-corrected chi connectivity index (χ4v) is 10.9. The van der Waals surface area contributed by atoms with Crippen molar-refractivity contribution in [1.29, 1.82) is 0 Å². The van der Waals surface area contributed by atoms with E-state index < -0.39 is 32.5 Å². The van der Waals surface area contributed by atoms with Crippen LogP contribution in [0.5, 0.6) is 0 Å². The minimum absolute atomic E-state index is 0.0533. The lowest BCUT2D eigenvalue weighted by Crippen LogP contribution is -2.67. The maximum atomic E-state index is 13.3. The van der Waals surface area contributed by atoms with Crippen molar-refractivity contribution in [3.05, 3.63) is 96.6 Å². The zero-order chi connectivity index (χ0) is 31.0. The third-order valence-corrected chi connectivity index (χ3v) is 13.3. The predicted octanol–water partition coefficient (Wildman–Crippen LogP) is 5.37. The fourth-order valence-electron chi connectivity index (χ4n) is 6.27. The molecule has 43 heavy (non-hydrogen) atoms. The number of benzene rings is 3. The van der Waals surface area contributed by atoms with Crippen LogP contribution in [-0.2, 0) is 33.0 Å². The van der Waals surface area contributed by atoms with Gasteiger partial charge in [0.1, 0.15) is 6.10 Å². The average Bonchev–Trinajstić information content (AvgIpc) is 3.37. The van der Waals surface area contributed by atoms with E-state index in [2.05, 4.69) is 45.0 Å². The van der Waals surface area contributed by atoms with Gasteiger partial charge in [0.15, 0.2) is 0 Å². The molecule has 0 aliphatic heterocycles. The SMILES string of the molecule is COC(=O)CC1CC(OC(=O)C(OC(C)=O)c2ccccc2)CC1CO[Si](c1ccccc1)(c1ccccc1)C(C)(C)C. The van der Waals surface area contributed by atoms with Gasteiger partial charge in [-0.3, -0.25) is 9.59 Å². The van der Waals surface area contributed by atoms with E-state index in [1.54, 1.807) is 24.3 Å². The molecular formula is C35H42O7Si. The van der Waals surface area contributed by atoms with Crippen LogP contribution >= 0.6 is 0 Å². The van der Waals surface area contributed by atoms with Crippen molar-refractivity contribution in [1.82, 2.24) is 0 Å². The van der Waals surface area contributed by atoms with Crippen molar-refractivity contribution < 1.29 is 33.0 Å². The van der Waals surface area contributed by atoms with E-state index in [-0.39, 0.29) is 29.3 Å². The summed E-state index contributed by atoms with van der Waals surface area (Å²) in [6.07, 6.45) is -0.419. The van der Waals surface area contributed by atoms with Gasteiger partial charge in [-0.15, -0.1) is 0 Å². The molecule has 3 aromatic carbocycles. The molecular weight excluding hydrogens is 560 g/mol. The smallest absolute Gasteiger partial charge is 0.352 e. The molecule has 4 unspecified atom stereocenters. The lowest BCUT2D eigenvalue weighted by Gasteiger charge is -2.43. The Morgan fingerprint density at radius 3 is 1.81 bits per heavy atom. The molecule has 228 valence electrons. The van der Waals surface area contributed by atoms with Gasteiger partial charge in [0.25, 0.3) is 8.32 Å². The number of carbonyl (C=O) groups is 3. The molecule has 0 spiro atoms. The van der Waals surface area contributed by atoms with E-state index in [1.165, 1.54) is 24.4 Å². The van der Waals surface area contributed by atoms with Gasteiger partial charge in [-0.25, -0.2) is 4.79 Å². The number of rotatable bonds is 11. The molecule has 0 N–H and O–H groups in total. The minimum Gasteiger partial charge on any atom is -0.469 e. The van der Waals surface area contributed by atoms with Crippen molar-refractivity contribution in [2.75, 3.05) is 13.7 Å². The summed E-state index contributed by atoms with van der Waals surface area (Å²) in [7, 11) is -1.43. The fraction of sp³-hybridized carbons (Fsp3) is 0.400. The molecule has 0 saturated heterocycles. The number of ether oxygens (including phenoxy) is 3. The lowest BCUT2D eigenvalue weighted by molar-refractivity contribution is -0.171. The van der Waals surface area contributed by atoms with E-state index in [4.69, 9.17) is 18.6 Å². The normalized spacial score (nSPS) is 19.3. The summed E-state index contributed by atoms with van der Waals surface area (Å²) in [5, 5.41) is 2.14. The molecule has 0 bridgehead atoms. The predicted molar refractivity (Wildman–Crippen MR) is 167 cm³/mol. The van der Waals surface area contributed by atoms with E-state index in [0.29, 0.717) is 25.0 Å². The highest BCUT2D eigenvalue weighted by molar-refractivity contribution is 6.99. The molecule has 1 aliphatic rings. The Hall–Kier alpha value is -3.75. The zero-order valence-corrected chi connectivity index (χ0v) is 26.7. The maximum Gasteiger partial charge on any atom is 0.352 e. The minimum atomic E-state index is -2.81. The Bertz CT molecular complexity index is 1320. The first-order chi connectivity index (χ1) is 20.5. The molecule has 1 saturated carbocycles. The van der Waals surface area contributed by atoms with E-state index in [9.17, 15) is 14.4 Å². The Labute approximate surface area is 255 Å². The summed E-state index contributed by atoms with van der Waals surface area (Å²) in [6.45, 7) is 8.34. The molecule has 1 aliphatic carbocycles. The van der Waals surface area contributed by atoms with Crippen LogP contribution in [0.2, 0.25) is 5.04 Å². The second kappa shape index (κ2) is 14.1. The monoisotopic (exact) mass is 602 g/mol. The molecule has 1 fully saturated rings. The summed E-state index contributed by atoms with van der Waals surface area (Å²) in [5.41, 5.74) is 0.540. The van der Waals surface area contributed by atoms with E-state index >= 15 is 0 Å². The van der Waals surface area contributed by atoms with Crippen LogP contribution in [-0.4, -0.2) is 46.0 Å². The standard InChI is InChI=1S/C35H42O7Si/c1-25(36)41-33(26-15-9-6-10-16-26)34(38)42-29-21-27(23-32(37)39-5)28(22-29)24-40-43(35(2,3)4,30-17-11-7-12-18-30)31-19-13-8-14-20-31/h6-20,27-29,33H,21-24H2,1-5H3. The van der Waals surface area contributed by atoms with Crippen LogP contribution < -0.4 is 10.4 Å². The Balaban J connectivity index is 1.60. The molecule has 7 nitrogen and oxygen atoms in total. The van der Waals surface area contributed by atoms with Gasteiger partial charge in [0.05, 0.1) is 7.11 Å². The van der Waals surface area contributed by atoms with E-state index in [0.717, 1.165) is 0 Å². The summed E-state index contributed by atoms with van der Waals surface area (Å²) in [5.74, 6) is -1.67. The van der Waals surface area contributed by atoms with Gasteiger partial charge in [0, 0.05) is 25.5 Å². The van der Waals surface area contributed by atoms with Crippen LogP contribution in [0.1, 0.15) is 58.6 Å². The third-order valence-electron chi connectivity index (χ3n) is 8.27. The molecule has 0 heterocycles. The van der Waals surface area contributed by atoms with Gasteiger partial charge in [-0.1, -0.05) is 112 Å². The topological polar surface area (TPSA) is 88.1 Å². The molecule has 4 atom stereocenters. The first kappa shape index (κ1) is 32.2. The van der Waals surface area contributed by atoms with Gasteiger partial charge in [0.2, 0.25) is 6.10 Å².